The van der Waals surface area contributed by atoms with Crippen molar-refractivity contribution in [1.82, 2.24) is 14.6 Å². The highest BCUT2D eigenvalue weighted by molar-refractivity contribution is 5.71. The number of H-pyrrole nitrogens is 1. The maximum atomic E-state index is 13.9. The molecule has 31 heavy (non-hydrogen) atoms. The number of hydrogen-bond donors (Lipinski definition) is 3. The summed E-state index contributed by atoms with van der Waals surface area (Å²) in [5, 5.41) is 14.4. The number of hydrogen-bond acceptors (Lipinski definition) is 4. The Bertz CT molecular complexity index is 1240. The van der Waals surface area contributed by atoms with Gasteiger partial charge in [-0.25, -0.2) is 4.52 Å². The van der Waals surface area contributed by atoms with Gasteiger partial charge in [0.25, 0.3) is 5.56 Å². The third-order valence-corrected chi connectivity index (χ3v) is 5.55. The molecular formula is C22H21F3N4O2. The van der Waals surface area contributed by atoms with E-state index in [0.29, 0.717) is 18.4 Å². The Morgan fingerprint density at radius 3 is 2.61 bits per heavy atom. The molecule has 2 aromatic heterocycles. The van der Waals surface area contributed by atoms with Gasteiger partial charge in [0.15, 0.2) is 5.69 Å². The smallest absolute Gasteiger partial charge is 0.435 e. The molecule has 1 fully saturated rings. The first-order valence-corrected chi connectivity index (χ1v) is 10.0. The minimum atomic E-state index is -4.67. The zero-order chi connectivity index (χ0) is 22.2. The molecule has 0 amide bonds. The molecule has 9 heteroatoms. The molecule has 0 radical (unpaired) electrons. The van der Waals surface area contributed by atoms with E-state index in [9.17, 15) is 23.1 Å². The van der Waals surface area contributed by atoms with Crippen molar-refractivity contribution in [2.45, 2.75) is 44.2 Å². The van der Waals surface area contributed by atoms with Crippen molar-refractivity contribution in [3.63, 3.8) is 0 Å². The van der Waals surface area contributed by atoms with E-state index < -0.39 is 17.4 Å². The summed E-state index contributed by atoms with van der Waals surface area (Å²) in [5.74, 6) is 4.88. The Labute approximate surface area is 175 Å². The second-order valence-corrected chi connectivity index (χ2v) is 7.61. The Kier molecular flexibility index (Phi) is 5.50. The molecule has 0 unspecified atom stereocenters. The van der Waals surface area contributed by atoms with Gasteiger partial charge in [0.05, 0.1) is 12.2 Å². The molecule has 162 valence electrons. The van der Waals surface area contributed by atoms with Gasteiger partial charge in [-0.1, -0.05) is 31.1 Å². The summed E-state index contributed by atoms with van der Waals surface area (Å²) < 4.78 is 42.7. The Morgan fingerprint density at radius 1 is 1.23 bits per heavy atom. The first-order valence-electron chi connectivity index (χ1n) is 10.0. The van der Waals surface area contributed by atoms with E-state index in [2.05, 4.69) is 21.9 Å². The number of nitrogens with one attached hydrogen (secondary N) is 1. The fraction of sp³-hybridized carbons (Fsp3) is 0.364. The second kappa shape index (κ2) is 8.12. The Hall–Kier alpha value is -3.25. The summed E-state index contributed by atoms with van der Waals surface area (Å²) >= 11 is 0. The molecule has 2 heterocycles. The SMILES string of the molecule is NCC#Cc1ccc(-c2cc(=O)[nH]c3c(C4CCCCC4)c(C(F)(F)F)nn23)c(O)c1. The van der Waals surface area contributed by atoms with Gasteiger partial charge >= 0.3 is 6.18 Å². The number of rotatable bonds is 2. The fourth-order valence-corrected chi connectivity index (χ4v) is 4.22. The van der Waals surface area contributed by atoms with Gasteiger partial charge in [0, 0.05) is 22.8 Å². The zero-order valence-electron chi connectivity index (χ0n) is 16.6. The summed E-state index contributed by atoms with van der Waals surface area (Å²) in [6.07, 6.45) is -0.819. The van der Waals surface area contributed by atoms with Crippen LogP contribution in [0.3, 0.4) is 0 Å². The van der Waals surface area contributed by atoms with Crippen LogP contribution >= 0.6 is 0 Å². The summed E-state index contributed by atoms with van der Waals surface area (Å²) in [5.41, 5.74) is 4.58. The van der Waals surface area contributed by atoms with Gasteiger partial charge in [-0.3, -0.25) is 4.79 Å². The van der Waals surface area contributed by atoms with Crippen LogP contribution in [-0.2, 0) is 6.18 Å². The van der Waals surface area contributed by atoms with Crippen LogP contribution in [0, 0.1) is 11.8 Å². The number of fused-ring (bicyclic) bond motifs is 1. The normalized spacial score (nSPS) is 15.1. The molecule has 1 saturated carbocycles. The average Bonchev–Trinajstić information content (AvgIpc) is 3.12. The topological polar surface area (TPSA) is 96.4 Å². The van der Waals surface area contributed by atoms with E-state index in [1.807, 2.05) is 0 Å². The Morgan fingerprint density at radius 2 is 1.97 bits per heavy atom. The predicted molar refractivity (Wildman–Crippen MR) is 110 cm³/mol. The average molecular weight is 430 g/mol. The van der Waals surface area contributed by atoms with Gasteiger partial charge < -0.3 is 15.8 Å². The lowest BCUT2D eigenvalue weighted by atomic mass is 9.84. The third-order valence-electron chi connectivity index (χ3n) is 5.55. The number of nitrogens with zero attached hydrogens (tertiary/aromatic N) is 2. The minimum absolute atomic E-state index is 0.0214. The van der Waals surface area contributed by atoms with Crippen molar-refractivity contribution < 1.29 is 18.3 Å². The summed E-state index contributed by atoms with van der Waals surface area (Å²) in [6.45, 7) is 0.147. The number of phenols is 1. The van der Waals surface area contributed by atoms with Gasteiger partial charge in [0.1, 0.15) is 11.4 Å². The molecule has 1 aromatic carbocycles. The molecule has 0 aliphatic heterocycles. The largest absolute Gasteiger partial charge is 0.507 e. The van der Waals surface area contributed by atoms with Crippen LogP contribution in [0.15, 0.2) is 29.1 Å². The quantitative estimate of drug-likeness (QED) is 0.539. The van der Waals surface area contributed by atoms with Gasteiger partial charge in [-0.2, -0.15) is 18.3 Å². The van der Waals surface area contributed by atoms with E-state index in [4.69, 9.17) is 5.73 Å². The van der Waals surface area contributed by atoms with E-state index in [0.717, 1.165) is 29.8 Å². The molecule has 0 saturated heterocycles. The number of benzene rings is 1. The molecule has 0 atom stereocenters. The highest BCUT2D eigenvalue weighted by Crippen LogP contribution is 2.42. The van der Waals surface area contributed by atoms with Crippen LogP contribution in [0.5, 0.6) is 5.75 Å². The molecule has 4 N–H and O–H groups in total. The van der Waals surface area contributed by atoms with Crippen LogP contribution in [0.2, 0.25) is 0 Å². The number of halogens is 3. The van der Waals surface area contributed by atoms with Crippen molar-refractivity contribution in [2.24, 2.45) is 5.73 Å². The lowest BCUT2D eigenvalue weighted by molar-refractivity contribution is -0.142. The molecule has 1 aliphatic carbocycles. The maximum Gasteiger partial charge on any atom is 0.435 e. The summed E-state index contributed by atoms with van der Waals surface area (Å²) in [6, 6.07) is 5.60. The van der Waals surface area contributed by atoms with Crippen LogP contribution < -0.4 is 11.3 Å². The highest BCUT2D eigenvalue weighted by Gasteiger charge is 2.41. The molecule has 6 nitrogen and oxygen atoms in total. The first kappa shape index (κ1) is 21.0. The maximum absolute atomic E-state index is 13.9. The van der Waals surface area contributed by atoms with Gasteiger partial charge in [-0.15, -0.1) is 0 Å². The molecule has 4 rings (SSSR count). The number of phenolic OH excluding ortho intramolecular Hbond substituents is 1. The van der Waals surface area contributed by atoms with Crippen molar-refractivity contribution >= 4 is 5.65 Å². The number of alkyl halides is 3. The zero-order valence-corrected chi connectivity index (χ0v) is 16.6. The van der Waals surface area contributed by atoms with Gasteiger partial charge in [0.2, 0.25) is 0 Å². The predicted octanol–water partition coefficient (Wildman–Crippen LogP) is 3.77. The van der Waals surface area contributed by atoms with Crippen LogP contribution in [0.25, 0.3) is 16.9 Å². The van der Waals surface area contributed by atoms with Gasteiger partial charge in [-0.05, 0) is 37.0 Å². The Balaban J connectivity index is 1.96. The van der Waals surface area contributed by atoms with Crippen LogP contribution in [0.1, 0.15) is 54.8 Å². The van der Waals surface area contributed by atoms with E-state index in [1.54, 1.807) is 6.07 Å². The third kappa shape index (κ3) is 4.03. The lowest BCUT2D eigenvalue weighted by Gasteiger charge is -2.22. The molecule has 0 bridgehead atoms. The van der Waals surface area contributed by atoms with Crippen LogP contribution in [0.4, 0.5) is 13.2 Å². The molecule has 0 spiro atoms. The van der Waals surface area contributed by atoms with Crippen LogP contribution in [-0.4, -0.2) is 26.2 Å². The van der Waals surface area contributed by atoms with Crippen molar-refractivity contribution in [1.29, 1.82) is 0 Å². The molecule has 1 aliphatic rings. The fourth-order valence-electron chi connectivity index (χ4n) is 4.22. The monoisotopic (exact) mass is 430 g/mol. The first-order chi connectivity index (χ1) is 14.8. The molecular weight excluding hydrogens is 409 g/mol. The van der Waals surface area contributed by atoms with Crippen molar-refractivity contribution in [2.75, 3.05) is 6.54 Å². The van der Waals surface area contributed by atoms with Crippen molar-refractivity contribution in [3.8, 4) is 28.8 Å². The number of aromatic amines is 1. The van der Waals surface area contributed by atoms with E-state index >= 15 is 0 Å². The number of aromatic nitrogens is 3. The number of nitrogens with two attached hydrogens (primary N) is 1. The van der Waals surface area contributed by atoms with Crippen molar-refractivity contribution in [3.05, 3.63) is 51.4 Å². The summed E-state index contributed by atoms with van der Waals surface area (Å²) in [7, 11) is 0. The minimum Gasteiger partial charge on any atom is -0.507 e. The number of aromatic hydroxyl groups is 1. The second-order valence-electron chi connectivity index (χ2n) is 7.61. The highest BCUT2D eigenvalue weighted by atomic mass is 19.4. The summed E-state index contributed by atoms with van der Waals surface area (Å²) in [4.78, 5) is 14.9. The van der Waals surface area contributed by atoms with E-state index in [-0.39, 0.29) is 40.7 Å². The lowest BCUT2D eigenvalue weighted by Crippen LogP contribution is -2.14. The molecule has 3 aromatic rings. The standard InChI is InChI=1S/C22H21F3N4O2/c23-22(24,25)20-19(14-6-2-1-3-7-14)21-27-18(31)12-16(29(21)28-20)15-9-8-13(5-4-10-26)11-17(15)30/h8-9,11-12,14,30H,1-3,6-7,10,26H2,(H,27,31). The van der Waals surface area contributed by atoms with E-state index in [1.165, 1.54) is 12.1 Å².